The number of pyridine rings is 1. The summed E-state index contributed by atoms with van der Waals surface area (Å²) in [7, 11) is 1.57. The Hall–Kier alpha value is -2.95. The van der Waals surface area contributed by atoms with E-state index in [1.807, 2.05) is 0 Å². The molecule has 0 atom stereocenters. The number of halogens is 5. The van der Waals surface area contributed by atoms with Gasteiger partial charge in [0.15, 0.2) is 17.4 Å². The first kappa shape index (κ1) is 20.9. The van der Waals surface area contributed by atoms with E-state index in [9.17, 15) is 27.1 Å². The third-order valence-electron chi connectivity index (χ3n) is 6.18. The second kappa shape index (κ2) is 7.03. The van der Waals surface area contributed by atoms with Gasteiger partial charge in [-0.15, -0.1) is 0 Å². The average molecular weight is 454 g/mol. The zero-order valence-corrected chi connectivity index (χ0v) is 17.0. The number of fused-ring (bicyclic) bond motifs is 1. The van der Waals surface area contributed by atoms with Crippen molar-refractivity contribution in [3.8, 4) is 17.0 Å². The van der Waals surface area contributed by atoms with Gasteiger partial charge in [-0.2, -0.15) is 18.3 Å². The lowest BCUT2D eigenvalue weighted by molar-refractivity contribution is -0.140. The number of alkyl halides is 3. The first-order valence-electron chi connectivity index (χ1n) is 10.1. The summed E-state index contributed by atoms with van der Waals surface area (Å²) < 4.78 is 75.3. The smallest absolute Gasteiger partial charge is 0.419 e. The molecule has 0 amide bonds. The van der Waals surface area contributed by atoms with Crippen molar-refractivity contribution in [3.63, 3.8) is 0 Å². The summed E-state index contributed by atoms with van der Waals surface area (Å²) in [5.74, 6) is -4.59. The minimum absolute atomic E-state index is 0.102. The molecule has 1 spiro atoms. The van der Waals surface area contributed by atoms with E-state index in [1.165, 1.54) is 10.9 Å². The third-order valence-corrected chi connectivity index (χ3v) is 6.18. The summed E-state index contributed by atoms with van der Waals surface area (Å²) in [4.78, 5) is 6.66. The van der Waals surface area contributed by atoms with Crippen molar-refractivity contribution in [2.75, 3.05) is 24.7 Å². The second-order valence-electron chi connectivity index (χ2n) is 8.26. The Balaban J connectivity index is 1.64. The molecule has 6 nitrogen and oxygen atoms in total. The van der Waals surface area contributed by atoms with Crippen LogP contribution in [0, 0.1) is 11.6 Å². The van der Waals surface area contributed by atoms with Crippen LogP contribution in [0.25, 0.3) is 22.2 Å². The van der Waals surface area contributed by atoms with Gasteiger partial charge in [0, 0.05) is 43.4 Å². The monoisotopic (exact) mass is 454 g/mol. The van der Waals surface area contributed by atoms with Crippen molar-refractivity contribution in [2.24, 2.45) is 7.05 Å². The van der Waals surface area contributed by atoms with Crippen LogP contribution in [-0.2, 0) is 18.0 Å². The number of rotatable bonds is 2. The molecule has 2 aromatic heterocycles. The van der Waals surface area contributed by atoms with Gasteiger partial charge in [0.25, 0.3) is 0 Å². The van der Waals surface area contributed by atoms with Crippen LogP contribution in [0.15, 0.2) is 18.3 Å². The zero-order valence-electron chi connectivity index (χ0n) is 17.0. The predicted molar refractivity (Wildman–Crippen MR) is 105 cm³/mol. The lowest BCUT2D eigenvalue weighted by Crippen LogP contribution is -2.40. The van der Waals surface area contributed by atoms with Crippen LogP contribution in [0.3, 0.4) is 0 Å². The molecule has 0 radical (unpaired) electrons. The molecule has 2 aliphatic rings. The van der Waals surface area contributed by atoms with Crippen molar-refractivity contribution in [1.29, 1.82) is 0 Å². The third kappa shape index (κ3) is 3.17. The van der Waals surface area contributed by atoms with E-state index in [4.69, 9.17) is 4.74 Å². The topological polar surface area (TPSA) is 63.4 Å². The number of aryl methyl sites for hydroxylation is 1. The molecule has 170 valence electrons. The first-order valence-corrected chi connectivity index (χ1v) is 10.1. The van der Waals surface area contributed by atoms with Crippen LogP contribution in [-0.4, -0.2) is 45.2 Å². The van der Waals surface area contributed by atoms with Gasteiger partial charge in [-0.05, 0) is 25.3 Å². The number of aromatic nitrogens is 3. The molecule has 3 heterocycles. The number of benzene rings is 1. The molecule has 0 bridgehead atoms. The molecule has 5 rings (SSSR count). The van der Waals surface area contributed by atoms with Crippen molar-refractivity contribution < 1.29 is 31.8 Å². The molecule has 32 heavy (non-hydrogen) atoms. The number of ether oxygens (including phenoxy) is 1. The Kier molecular flexibility index (Phi) is 4.59. The van der Waals surface area contributed by atoms with E-state index < -0.39 is 34.7 Å². The van der Waals surface area contributed by atoms with E-state index in [0.717, 1.165) is 25.8 Å². The minimum atomic E-state index is -5.12. The van der Waals surface area contributed by atoms with Crippen LogP contribution in [0.2, 0.25) is 0 Å². The summed E-state index contributed by atoms with van der Waals surface area (Å²) in [6, 6.07) is 2.08. The molecular formula is C21H19F5N4O2. The zero-order chi connectivity index (χ0) is 22.8. The van der Waals surface area contributed by atoms with Gasteiger partial charge >= 0.3 is 6.18 Å². The number of anilines is 1. The molecule has 1 aliphatic carbocycles. The number of phenolic OH excluding ortho intramolecular Hbond substituents is 1. The predicted octanol–water partition coefficient (Wildman–Crippen LogP) is 4.40. The molecule has 11 heteroatoms. The molecule has 1 saturated carbocycles. The molecule has 2 fully saturated rings. The number of aromatic hydroxyl groups is 1. The Morgan fingerprint density at radius 3 is 2.59 bits per heavy atom. The Labute approximate surface area is 179 Å². The average Bonchev–Trinajstić information content (AvgIpc) is 3.50. The van der Waals surface area contributed by atoms with E-state index in [1.54, 1.807) is 13.1 Å². The second-order valence-corrected chi connectivity index (χ2v) is 8.26. The van der Waals surface area contributed by atoms with Gasteiger partial charge in [0.05, 0.1) is 23.2 Å². The first-order chi connectivity index (χ1) is 15.1. The van der Waals surface area contributed by atoms with Gasteiger partial charge in [-0.3, -0.25) is 4.68 Å². The summed E-state index contributed by atoms with van der Waals surface area (Å²) in [6.07, 6.45) is -0.916. The van der Waals surface area contributed by atoms with E-state index in [0.29, 0.717) is 30.6 Å². The van der Waals surface area contributed by atoms with Crippen LogP contribution >= 0.6 is 0 Å². The van der Waals surface area contributed by atoms with Crippen molar-refractivity contribution in [1.82, 2.24) is 14.8 Å². The number of phenols is 1. The van der Waals surface area contributed by atoms with E-state index in [-0.39, 0.29) is 16.6 Å². The summed E-state index contributed by atoms with van der Waals surface area (Å²) >= 11 is 0. The van der Waals surface area contributed by atoms with Crippen LogP contribution in [0.1, 0.15) is 24.8 Å². The normalized spacial score (nSPS) is 18.4. The number of nitrogens with zero attached hydrogens (tertiary/aromatic N) is 4. The molecule has 1 saturated heterocycles. The fourth-order valence-corrected chi connectivity index (χ4v) is 4.31. The maximum atomic E-state index is 14.6. The summed E-state index contributed by atoms with van der Waals surface area (Å²) in [6.45, 7) is 2.01. The van der Waals surface area contributed by atoms with Gasteiger partial charge in [-0.25, -0.2) is 13.8 Å². The molecule has 1 aromatic carbocycles. The van der Waals surface area contributed by atoms with Crippen LogP contribution in [0.4, 0.5) is 27.8 Å². The molecule has 0 unspecified atom stereocenters. The fraction of sp³-hybridized carbons (Fsp3) is 0.429. The van der Waals surface area contributed by atoms with E-state index in [2.05, 4.69) is 15.0 Å². The van der Waals surface area contributed by atoms with Crippen molar-refractivity contribution in [3.05, 3.63) is 35.5 Å². The fourth-order valence-electron chi connectivity index (χ4n) is 4.31. The van der Waals surface area contributed by atoms with Crippen LogP contribution < -0.4 is 4.90 Å². The summed E-state index contributed by atoms with van der Waals surface area (Å²) in [5.41, 5.74) is -2.18. The number of hydrogen-bond acceptors (Lipinski definition) is 5. The molecular weight excluding hydrogens is 435 g/mol. The van der Waals surface area contributed by atoms with Gasteiger partial charge in [0.2, 0.25) is 0 Å². The quantitative estimate of drug-likeness (QED) is 0.582. The lowest BCUT2D eigenvalue weighted by atomic mass is 10.0. The Morgan fingerprint density at radius 1 is 1.16 bits per heavy atom. The molecule has 3 aromatic rings. The molecule has 1 N–H and O–H groups in total. The maximum absolute atomic E-state index is 14.6. The highest BCUT2D eigenvalue weighted by atomic mass is 19.4. The Bertz CT molecular complexity index is 1220. The number of hydrogen-bond donors (Lipinski definition) is 1. The summed E-state index contributed by atoms with van der Waals surface area (Å²) in [5, 5.41) is 14.1. The van der Waals surface area contributed by atoms with E-state index >= 15 is 0 Å². The Morgan fingerprint density at radius 2 is 1.91 bits per heavy atom. The standard InChI is InChI=1S/C21H19F5N4O2/c1-29-14-8-15(30-5-2-6-32-10-20(30)3-4-20)27-9-12(14)18(28-29)11-7-13(21(24,25)26)17(23)19(31)16(11)22/h7-9,31H,2-6,10H2,1H3. The van der Waals surface area contributed by atoms with Crippen molar-refractivity contribution >= 4 is 16.7 Å². The van der Waals surface area contributed by atoms with Gasteiger partial charge < -0.3 is 14.7 Å². The highest BCUT2D eigenvalue weighted by Gasteiger charge is 2.49. The highest BCUT2D eigenvalue weighted by Crippen LogP contribution is 2.46. The molecule has 1 aliphatic heterocycles. The van der Waals surface area contributed by atoms with Crippen molar-refractivity contribution in [2.45, 2.75) is 31.0 Å². The van der Waals surface area contributed by atoms with Crippen LogP contribution in [0.5, 0.6) is 5.75 Å². The maximum Gasteiger partial charge on any atom is 0.419 e. The highest BCUT2D eigenvalue weighted by molar-refractivity contribution is 5.94. The lowest BCUT2D eigenvalue weighted by Gasteiger charge is -2.30. The minimum Gasteiger partial charge on any atom is -0.503 e. The van der Waals surface area contributed by atoms with Gasteiger partial charge in [0.1, 0.15) is 11.5 Å². The van der Waals surface area contributed by atoms with Gasteiger partial charge in [-0.1, -0.05) is 0 Å². The largest absolute Gasteiger partial charge is 0.503 e. The SMILES string of the molecule is Cn1nc(-c2cc(C(F)(F)F)c(F)c(O)c2F)c2cnc(N3CCCOCC34CC4)cc21.